The number of halogens is 3. The van der Waals surface area contributed by atoms with Crippen molar-refractivity contribution in [2.45, 2.75) is 25.9 Å². The van der Waals surface area contributed by atoms with Crippen molar-refractivity contribution in [3.63, 3.8) is 0 Å². The molecule has 0 heterocycles. The molecule has 2 aromatic rings. The van der Waals surface area contributed by atoms with E-state index < -0.39 is 0 Å². The van der Waals surface area contributed by atoms with E-state index in [2.05, 4.69) is 57.1 Å². The lowest BCUT2D eigenvalue weighted by atomic mass is 10.0. The molecule has 0 spiro atoms. The summed E-state index contributed by atoms with van der Waals surface area (Å²) < 4.78 is 15.1. The molecule has 0 fully saturated rings. The Morgan fingerprint density at radius 1 is 0.950 bits per heavy atom. The molecule has 0 aliphatic rings. The van der Waals surface area contributed by atoms with Crippen molar-refractivity contribution in [2.24, 2.45) is 0 Å². The van der Waals surface area contributed by atoms with Gasteiger partial charge in [-0.3, -0.25) is 0 Å². The molecule has 1 nitrogen and oxygen atoms in total. The van der Waals surface area contributed by atoms with Crippen molar-refractivity contribution in [1.29, 1.82) is 0 Å². The fourth-order valence-electron chi connectivity index (χ4n) is 2.17. The first-order valence-corrected chi connectivity index (χ1v) is 8.02. The SMILES string of the molecule is CC(N[C@@H](C)c1ccc(F)cc1)c1ccc(Br)cc1Br. The lowest BCUT2D eigenvalue weighted by Gasteiger charge is -2.22. The van der Waals surface area contributed by atoms with Crippen molar-refractivity contribution < 1.29 is 4.39 Å². The molecule has 0 aliphatic heterocycles. The van der Waals surface area contributed by atoms with E-state index >= 15 is 0 Å². The molecule has 0 bridgehead atoms. The van der Waals surface area contributed by atoms with E-state index in [1.54, 1.807) is 0 Å². The maximum absolute atomic E-state index is 12.9. The van der Waals surface area contributed by atoms with Gasteiger partial charge in [-0.25, -0.2) is 4.39 Å². The summed E-state index contributed by atoms with van der Waals surface area (Å²) in [5, 5.41) is 3.52. The van der Waals surface area contributed by atoms with Crippen LogP contribution in [0.5, 0.6) is 0 Å². The molecule has 4 heteroatoms. The summed E-state index contributed by atoms with van der Waals surface area (Å²) in [6.45, 7) is 4.20. The van der Waals surface area contributed by atoms with Gasteiger partial charge >= 0.3 is 0 Å². The molecule has 0 saturated heterocycles. The Kier molecular flexibility index (Phi) is 5.35. The Labute approximate surface area is 135 Å². The second-order valence-electron chi connectivity index (χ2n) is 4.83. The van der Waals surface area contributed by atoms with Gasteiger partial charge in [0.15, 0.2) is 0 Å². The molecular weight excluding hydrogens is 385 g/mol. The fourth-order valence-corrected chi connectivity index (χ4v) is 3.56. The topological polar surface area (TPSA) is 12.0 Å². The van der Waals surface area contributed by atoms with Crippen molar-refractivity contribution in [2.75, 3.05) is 0 Å². The largest absolute Gasteiger partial charge is 0.304 e. The number of nitrogens with one attached hydrogen (secondary N) is 1. The van der Waals surface area contributed by atoms with Gasteiger partial charge in [-0.2, -0.15) is 0 Å². The molecule has 1 N–H and O–H groups in total. The van der Waals surface area contributed by atoms with E-state index in [9.17, 15) is 4.39 Å². The second kappa shape index (κ2) is 6.83. The summed E-state index contributed by atoms with van der Waals surface area (Å²) in [5.74, 6) is -0.204. The van der Waals surface area contributed by atoms with E-state index in [1.165, 1.54) is 17.7 Å². The highest BCUT2D eigenvalue weighted by Gasteiger charge is 2.13. The van der Waals surface area contributed by atoms with Gasteiger partial charge < -0.3 is 5.32 Å². The minimum absolute atomic E-state index is 0.154. The highest BCUT2D eigenvalue weighted by molar-refractivity contribution is 9.11. The van der Waals surface area contributed by atoms with Crippen LogP contribution in [0.15, 0.2) is 51.4 Å². The van der Waals surface area contributed by atoms with Crippen LogP contribution in [0.1, 0.15) is 37.1 Å². The van der Waals surface area contributed by atoms with E-state index in [4.69, 9.17) is 0 Å². The Morgan fingerprint density at radius 3 is 2.20 bits per heavy atom. The van der Waals surface area contributed by atoms with E-state index in [-0.39, 0.29) is 17.9 Å². The van der Waals surface area contributed by atoms with Crippen LogP contribution in [0.4, 0.5) is 4.39 Å². The maximum atomic E-state index is 12.9. The molecule has 0 saturated carbocycles. The molecule has 2 aromatic carbocycles. The van der Waals surface area contributed by atoms with Crippen LogP contribution >= 0.6 is 31.9 Å². The van der Waals surface area contributed by atoms with Crippen LogP contribution in [-0.2, 0) is 0 Å². The summed E-state index contributed by atoms with van der Waals surface area (Å²) in [6, 6.07) is 13.1. The molecule has 2 atom stereocenters. The molecule has 2 rings (SSSR count). The lowest BCUT2D eigenvalue weighted by Crippen LogP contribution is -2.22. The van der Waals surface area contributed by atoms with E-state index in [1.807, 2.05) is 24.3 Å². The Hall–Kier alpha value is -0.710. The van der Waals surface area contributed by atoms with Crippen molar-refractivity contribution in [3.8, 4) is 0 Å². The summed E-state index contributed by atoms with van der Waals surface area (Å²) in [5.41, 5.74) is 2.27. The van der Waals surface area contributed by atoms with Gasteiger partial charge in [-0.1, -0.05) is 50.1 Å². The quantitative estimate of drug-likeness (QED) is 0.687. The first-order valence-electron chi connectivity index (χ1n) is 6.44. The molecule has 106 valence electrons. The van der Waals surface area contributed by atoms with Gasteiger partial charge in [0.1, 0.15) is 5.82 Å². The average Bonchev–Trinajstić information content (AvgIpc) is 2.39. The van der Waals surface area contributed by atoms with Crippen LogP contribution in [0.3, 0.4) is 0 Å². The zero-order valence-electron chi connectivity index (χ0n) is 11.3. The number of benzene rings is 2. The standard InChI is InChI=1S/C16H16Br2FN/c1-10(12-3-6-14(19)7-4-12)20-11(2)15-8-5-13(17)9-16(15)18/h3-11,20H,1-2H3/t10-,11?/m0/s1. The monoisotopic (exact) mass is 399 g/mol. The van der Waals surface area contributed by atoms with Gasteiger partial charge in [-0.15, -0.1) is 0 Å². The Balaban J connectivity index is 2.10. The van der Waals surface area contributed by atoms with Crippen LogP contribution in [0.25, 0.3) is 0 Å². The Morgan fingerprint density at radius 2 is 1.60 bits per heavy atom. The second-order valence-corrected chi connectivity index (χ2v) is 6.60. The first kappa shape index (κ1) is 15.7. The highest BCUT2D eigenvalue weighted by Crippen LogP contribution is 2.28. The van der Waals surface area contributed by atoms with Crippen LogP contribution < -0.4 is 5.32 Å². The summed E-state index contributed by atoms with van der Waals surface area (Å²) >= 11 is 7.04. The highest BCUT2D eigenvalue weighted by atomic mass is 79.9. The van der Waals surface area contributed by atoms with Crippen molar-refractivity contribution in [1.82, 2.24) is 5.32 Å². The Bertz CT molecular complexity index is 584. The lowest BCUT2D eigenvalue weighted by molar-refractivity contribution is 0.492. The third kappa shape index (κ3) is 3.90. The molecule has 0 aromatic heterocycles. The van der Waals surface area contributed by atoms with Crippen LogP contribution in [-0.4, -0.2) is 0 Å². The zero-order valence-corrected chi connectivity index (χ0v) is 14.5. The fraction of sp³-hybridized carbons (Fsp3) is 0.250. The van der Waals surface area contributed by atoms with Crippen LogP contribution in [0.2, 0.25) is 0 Å². The smallest absolute Gasteiger partial charge is 0.123 e. The van der Waals surface area contributed by atoms with Gasteiger partial charge in [0.25, 0.3) is 0 Å². The maximum Gasteiger partial charge on any atom is 0.123 e. The number of hydrogen-bond acceptors (Lipinski definition) is 1. The first-order chi connectivity index (χ1) is 9.47. The molecule has 0 aliphatic carbocycles. The van der Waals surface area contributed by atoms with Crippen LogP contribution in [0, 0.1) is 5.82 Å². The van der Waals surface area contributed by atoms with Gasteiger partial charge in [0.05, 0.1) is 0 Å². The molecule has 1 unspecified atom stereocenters. The predicted molar refractivity (Wildman–Crippen MR) is 88.2 cm³/mol. The average molecular weight is 401 g/mol. The summed E-state index contributed by atoms with van der Waals surface area (Å²) in [7, 11) is 0. The zero-order chi connectivity index (χ0) is 14.7. The molecule has 20 heavy (non-hydrogen) atoms. The predicted octanol–water partition coefficient (Wildman–Crippen LogP) is 5.76. The molecule has 0 radical (unpaired) electrons. The minimum atomic E-state index is -0.204. The summed E-state index contributed by atoms with van der Waals surface area (Å²) in [6.07, 6.45) is 0. The summed E-state index contributed by atoms with van der Waals surface area (Å²) in [4.78, 5) is 0. The third-order valence-electron chi connectivity index (χ3n) is 3.30. The van der Waals surface area contributed by atoms with E-state index in [0.717, 1.165) is 14.5 Å². The van der Waals surface area contributed by atoms with Gasteiger partial charge in [0, 0.05) is 21.0 Å². The normalized spacial score (nSPS) is 14.1. The number of rotatable bonds is 4. The minimum Gasteiger partial charge on any atom is -0.304 e. The van der Waals surface area contributed by atoms with Crippen molar-refractivity contribution in [3.05, 3.63) is 68.4 Å². The van der Waals surface area contributed by atoms with Crippen molar-refractivity contribution >= 4 is 31.9 Å². The molecular formula is C16H16Br2FN. The van der Waals surface area contributed by atoms with Gasteiger partial charge in [0.2, 0.25) is 0 Å². The van der Waals surface area contributed by atoms with Gasteiger partial charge in [-0.05, 0) is 49.2 Å². The molecule has 0 amide bonds. The number of hydrogen-bond donors (Lipinski definition) is 1. The van der Waals surface area contributed by atoms with E-state index in [0.29, 0.717) is 0 Å². The third-order valence-corrected chi connectivity index (χ3v) is 4.48.